The monoisotopic (exact) mass is 220 g/mol. The van der Waals surface area contributed by atoms with Gasteiger partial charge in [-0.05, 0) is 13.0 Å². The van der Waals surface area contributed by atoms with Crippen molar-refractivity contribution in [2.24, 2.45) is 7.05 Å². The standard InChI is InChI=1S/C11H12N2O3/c1-7-9(5-10(14)15)11(16-12-7)8-3-4-13(2)6-8/h3-4,6H,5H2,1-2H3,(H,14,15). The van der Waals surface area contributed by atoms with Crippen molar-refractivity contribution >= 4 is 5.97 Å². The summed E-state index contributed by atoms with van der Waals surface area (Å²) in [5.41, 5.74) is 2.11. The van der Waals surface area contributed by atoms with E-state index in [9.17, 15) is 4.79 Å². The van der Waals surface area contributed by atoms with Crippen LogP contribution in [-0.4, -0.2) is 20.8 Å². The Morgan fingerprint density at radius 2 is 2.38 bits per heavy atom. The molecule has 0 radical (unpaired) electrons. The van der Waals surface area contributed by atoms with Crippen molar-refractivity contribution in [3.05, 3.63) is 29.7 Å². The molecule has 0 atom stereocenters. The minimum atomic E-state index is -0.886. The van der Waals surface area contributed by atoms with Crippen LogP contribution in [0.25, 0.3) is 11.3 Å². The van der Waals surface area contributed by atoms with E-state index >= 15 is 0 Å². The van der Waals surface area contributed by atoms with Crippen molar-refractivity contribution in [3.8, 4) is 11.3 Å². The van der Waals surface area contributed by atoms with Crippen LogP contribution in [0, 0.1) is 6.92 Å². The van der Waals surface area contributed by atoms with E-state index in [1.54, 1.807) is 6.92 Å². The second-order valence-electron chi connectivity index (χ2n) is 3.71. The Hall–Kier alpha value is -2.04. The number of aryl methyl sites for hydroxylation is 2. The van der Waals surface area contributed by atoms with Crippen LogP contribution < -0.4 is 0 Å². The normalized spacial score (nSPS) is 10.6. The zero-order chi connectivity index (χ0) is 11.7. The van der Waals surface area contributed by atoms with E-state index in [2.05, 4.69) is 5.16 Å². The van der Waals surface area contributed by atoms with Crippen LogP contribution in [0.15, 0.2) is 23.0 Å². The highest BCUT2D eigenvalue weighted by Crippen LogP contribution is 2.26. The van der Waals surface area contributed by atoms with E-state index in [0.29, 0.717) is 17.0 Å². The molecule has 2 heterocycles. The predicted octanol–water partition coefficient (Wildman–Crippen LogP) is 1.62. The summed E-state index contributed by atoms with van der Waals surface area (Å²) < 4.78 is 7.04. The fourth-order valence-corrected chi connectivity index (χ4v) is 1.61. The first-order chi connectivity index (χ1) is 7.58. The van der Waals surface area contributed by atoms with Gasteiger partial charge in [0.15, 0.2) is 5.76 Å². The molecule has 0 amide bonds. The highest BCUT2D eigenvalue weighted by Gasteiger charge is 2.17. The van der Waals surface area contributed by atoms with Crippen molar-refractivity contribution in [2.45, 2.75) is 13.3 Å². The quantitative estimate of drug-likeness (QED) is 0.853. The molecule has 0 saturated heterocycles. The summed E-state index contributed by atoms with van der Waals surface area (Å²) in [6.07, 6.45) is 3.67. The molecule has 0 unspecified atom stereocenters. The van der Waals surface area contributed by atoms with E-state index < -0.39 is 5.97 Å². The van der Waals surface area contributed by atoms with Crippen molar-refractivity contribution in [3.63, 3.8) is 0 Å². The zero-order valence-electron chi connectivity index (χ0n) is 9.10. The SMILES string of the molecule is Cc1noc(-c2ccn(C)c2)c1CC(=O)O. The lowest BCUT2D eigenvalue weighted by Gasteiger charge is -1.96. The van der Waals surface area contributed by atoms with Gasteiger partial charge in [0.2, 0.25) is 0 Å². The molecule has 16 heavy (non-hydrogen) atoms. The van der Waals surface area contributed by atoms with Gasteiger partial charge in [-0.1, -0.05) is 5.16 Å². The Morgan fingerprint density at radius 1 is 1.62 bits per heavy atom. The van der Waals surface area contributed by atoms with Crippen LogP contribution in [0.3, 0.4) is 0 Å². The van der Waals surface area contributed by atoms with Crippen molar-refractivity contribution in [1.29, 1.82) is 0 Å². The molecular formula is C11H12N2O3. The largest absolute Gasteiger partial charge is 0.481 e. The van der Waals surface area contributed by atoms with Gasteiger partial charge in [0, 0.05) is 30.6 Å². The second kappa shape index (κ2) is 3.84. The third-order valence-corrected chi connectivity index (χ3v) is 2.41. The fourth-order valence-electron chi connectivity index (χ4n) is 1.61. The van der Waals surface area contributed by atoms with Crippen LogP contribution >= 0.6 is 0 Å². The third kappa shape index (κ3) is 1.84. The van der Waals surface area contributed by atoms with Crippen LogP contribution in [0.4, 0.5) is 0 Å². The molecule has 2 aromatic heterocycles. The minimum Gasteiger partial charge on any atom is -0.481 e. The van der Waals surface area contributed by atoms with E-state index in [1.807, 2.05) is 30.1 Å². The molecule has 5 heteroatoms. The lowest BCUT2D eigenvalue weighted by molar-refractivity contribution is -0.136. The van der Waals surface area contributed by atoms with Gasteiger partial charge in [-0.15, -0.1) is 0 Å². The van der Waals surface area contributed by atoms with Gasteiger partial charge in [0.25, 0.3) is 0 Å². The summed E-state index contributed by atoms with van der Waals surface area (Å²) in [7, 11) is 1.89. The molecule has 0 spiro atoms. The number of aromatic nitrogens is 2. The number of aliphatic carboxylic acids is 1. The van der Waals surface area contributed by atoms with Gasteiger partial charge in [0.05, 0.1) is 12.1 Å². The van der Waals surface area contributed by atoms with Gasteiger partial charge >= 0.3 is 5.97 Å². The molecule has 0 fully saturated rings. The summed E-state index contributed by atoms with van der Waals surface area (Å²) in [5.74, 6) is -0.344. The Bertz CT molecular complexity index is 525. The number of carboxylic acid groups (broad SMARTS) is 1. The van der Waals surface area contributed by atoms with E-state index in [0.717, 1.165) is 5.56 Å². The molecule has 84 valence electrons. The summed E-state index contributed by atoms with van der Waals surface area (Å²) in [4.78, 5) is 10.7. The smallest absolute Gasteiger partial charge is 0.308 e. The van der Waals surface area contributed by atoms with E-state index in [-0.39, 0.29) is 6.42 Å². The highest BCUT2D eigenvalue weighted by atomic mass is 16.5. The van der Waals surface area contributed by atoms with E-state index in [1.165, 1.54) is 0 Å². The number of nitrogens with zero attached hydrogens (tertiary/aromatic N) is 2. The summed E-state index contributed by atoms with van der Waals surface area (Å²) in [6, 6.07) is 1.87. The van der Waals surface area contributed by atoms with Crippen molar-refractivity contribution in [2.75, 3.05) is 0 Å². The molecule has 5 nitrogen and oxygen atoms in total. The van der Waals surface area contributed by atoms with Crippen LogP contribution in [0.2, 0.25) is 0 Å². The van der Waals surface area contributed by atoms with E-state index in [4.69, 9.17) is 9.63 Å². The Balaban J connectivity index is 2.45. The van der Waals surface area contributed by atoms with Gasteiger partial charge in [-0.3, -0.25) is 4.79 Å². The first kappa shape index (κ1) is 10.5. The number of carbonyl (C=O) groups is 1. The Labute approximate surface area is 92.3 Å². The number of carboxylic acids is 1. The zero-order valence-corrected chi connectivity index (χ0v) is 9.10. The minimum absolute atomic E-state index is 0.0699. The number of hydrogen-bond donors (Lipinski definition) is 1. The molecule has 0 saturated carbocycles. The van der Waals surface area contributed by atoms with Gasteiger partial charge in [0.1, 0.15) is 0 Å². The average molecular weight is 220 g/mol. The lowest BCUT2D eigenvalue weighted by Crippen LogP contribution is -2.01. The summed E-state index contributed by atoms with van der Waals surface area (Å²) >= 11 is 0. The van der Waals surface area contributed by atoms with Gasteiger partial charge in [-0.25, -0.2) is 0 Å². The third-order valence-electron chi connectivity index (χ3n) is 2.41. The molecule has 0 aliphatic carbocycles. The maximum absolute atomic E-state index is 10.7. The maximum Gasteiger partial charge on any atom is 0.308 e. The van der Waals surface area contributed by atoms with Crippen LogP contribution in [0.5, 0.6) is 0 Å². The first-order valence-corrected chi connectivity index (χ1v) is 4.87. The molecule has 0 aliphatic heterocycles. The molecular weight excluding hydrogens is 208 g/mol. The van der Waals surface area contributed by atoms with Gasteiger partial charge in [-0.2, -0.15) is 0 Å². The summed E-state index contributed by atoms with van der Waals surface area (Å²) in [6.45, 7) is 1.74. The molecule has 0 aromatic carbocycles. The van der Waals surface area contributed by atoms with Crippen molar-refractivity contribution < 1.29 is 14.4 Å². The molecule has 2 aromatic rings. The lowest BCUT2D eigenvalue weighted by atomic mass is 10.1. The number of hydrogen-bond acceptors (Lipinski definition) is 3. The summed E-state index contributed by atoms with van der Waals surface area (Å²) in [5, 5.41) is 12.6. The predicted molar refractivity (Wildman–Crippen MR) is 57.0 cm³/mol. The molecule has 0 aliphatic rings. The molecule has 1 N–H and O–H groups in total. The topological polar surface area (TPSA) is 68.3 Å². The van der Waals surface area contributed by atoms with Crippen molar-refractivity contribution in [1.82, 2.24) is 9.72 Å². The maximum atomic E-state index is 10.7. The Kier molecular flexibility index (Phi) is 2.52. The van der Waals surface area contributed by atoms with Crippen LogP contribution in [-0.2, 0) is 18.3 Å². The highest BCUT2D eigenvalue weighted by molar-refractivity contribution is 5.74. The second-order valence-corrected chi connectivity index (χ2v) is 3.71. The number of rotatable bonds is 3. The molecule has 0 bridgehead atoms. The molecule has 2 rings (SSSR count). The van der Waals surface area contributed by atoms with Crippen LogP contribution in [0.1, 0.15) is 11.3 Å². The fraction of sp³-hybridized carbons (Fsp3) is 0.273. The Morgan fingerprint density at radius 3 is 2.94 bits per heavy atom. The van der Waals surface area contributed by atoms with Gasteiger partial charge < -0.3 is 14.2 Å². The first-order valence-electron chi connectivity index (χ1n) is 4.87. The average Bonchev–Trinajstić information content (AvgIpc) is 2.75.